The minimum atomic E-state index is -3.82. The van der Waals surface area contributed by atoms with Crippen molar-refractivity contribution in [1.29, 1.82) is 0 Å². The Morgan fingerprint density at radius 3 is 2.64 bits per heavy atom. The lowest BCUT2D eigenvalue weighted by atomic mass is 10.0. The minimum Gasteiger partial charge on any atom is -0.476 e. The number of aryl methyl sites for hydroxylation is 1. The van der Waals surface area contributed by atoms with Crippen molar-refractivity contribution in [3.8, 4) is 17.1 Å². The Bertz CT molecular complexity index is 1380. The van der Waals surface area contributed by atoms with Gasteiger partial charge in [0, 0.05) is 30.5 Å². The lowest BCUT2D eigenvalue weighted by Crippen LogP contribution is -2.20. The van der Waals surface area contributed by atoms with Crippen LogP contribution in [0.2, 0.25) is 0 Å². The second-order valence-corrected chi connectivity index (χ2v) is 9.44. The highest BCUT2D eigenvalue weighted by molar-refractivity contribution is 7.92. The zero-order valence-electron chi connectivity index (χ0n) is 18.6. The zero-order valence-corrected chi connectivity index (χ0v) is 19.4. The van der Waals surface area contributed by atoms with Crippen LogP contribution in [0, 0.1) is 6.92 Å². The molecule has 3 aromatic heterocycles. The van der Waals surface area contributed by atoms with Crippen LogP contribution in [-0.2, 0) is 10.0 Å². The van der Waals surface area contributed by atoms with Crippen molar-refractivity contribution in [3.05, 3.63) is 66.9 Å². The molecule has 0 unspecified atom stereocenters. The summed E-state index contributed by atoms with van der Waals surface area (Å²) in [6, 6.07) is 10.1. The van der Waals surface area contributed by atoms with E-state index in [4.69, 9.17) is 4.74 Å². The molecule has 10 heteroatoms. The number of ether oxygens (including phenoxy) is 1. The fraction of sp³-hybridized carbons (Fsp3) is 0.217. The van der Waals surface area contributed by atoms with Crippen LogP contribution in [0.5, 0.6) is 5.88 Å². The molecule has 1 aromatic carbocycles. The van der Waals surface area contributed by atoms with E-state index in [-0.39, 0.29) is 10.7 Å². The molecule has 0 amide bonds. The van der Waals surface area contributed by atoms with E-state index in [1.165, 1.54) is 18.6 Å². The molecule has 0 spiro atoms. The fourth-order valence-corrected chi connectivity index (χ4v) is 4.29. The molecule has 0 saturated carbocycles. The number of nitrogens with one attached hydrogen (secondary N) is 1. The fourth-order valence-electron chi connectivity index (χ4n) is 3.25. The number of hydrogen-bond donors (Lipinski definition) is 1. The smallest absolute Gasteiger partial charge is 0.263 e. The predicted octanol–water partition coefficient (Wildman–Crippen LogP) is 3.14. The van der Waals surface area contributed by atoms with Gasteiger partial charge in [0.25, 0.3) is 10.0 Å². The average Bonchev–Trinajstić information content (AvgIpc) is 2.79. The molecule has 0 radical (unpaired) electrons. The molecule has 9 nitrogen and oxygen atoms in total. The minimum absolute atomic E-state index is 0.121. The van der Waals surface area contributed by atoms with Crippen molar-refractivity contribution in [2.24, 2.45) is 0 Å². The summed E-state index contributed by atoms with van der Waals surface area (Å²) < 4.78 is 34.1. The Kier molecular flexibility index (Phi) is 6.47. The van der Waals surface area contributed by atoms with Gasteiger partial charge in [0.15, 0.2) is 0 Å². The van der Waals surface area contributed by atoms with Gasteiger partial charge in [-0.25, -0.2) is 23.4 Å². The monoisotopic (exact) mass is 464 g/mol. The summed E-state index contributed by atoms with van der Waals surface area (Å²) in [6.07, 6.45) is 6.16. The van der Waals surface area contributed by atoms with Gasteiger partial charge in [0.05, 0.1) is 16.2 Å². The maximum Gasteiger partial charge on any atom is 0.263 e. The summed E-state index contributed by atoms with van der Waals surface area (Å²) in [7, 11) is 0.133. The Balaban J connectivity index is 1.72. The number of aromatic nitrogens is 4. The Hall–Kier alpha value is -3.63. The predicted molar refractivity (Wildman–Crippen MR) is 127 cm³/mol. The molecular formula is C23H24N6O3S. The number of benzene rings is 1. The third-order valence-corrected chi connectivity index (χ3v) is 6.24. The molecule has 0 aliphatic rings. The summed E-state index contributed by atoms with van der Waals surface area (Å²) in [5.41, 5.74) is 2.40. The third-order valence-electron chi connectivity index (χ3n) is 4.89. The molecule has 3 heterocycles. The number of anilines is 1. The van der Waals surface area contributed by atoms with Gasteiger partial charge >= 0.3 is 0 Å². The summed E-state index contributed by atoms with van der Waals surface area (Å²) >= 11 is 0. The Labute approximate surface area is 192 Å². The molecule has 4 aromatic rings. The first-order chi connectivity index (χ1) is 15.8. The van der Waals surface area contributed by atoms with E-state index >= 15 is 0 Å². The first kappa shape index (κ1) is 22.6. The molecule has 1 N–H and O–H groups in total. The molecule has 0 fully saturated rings. The normalized spacial score (nSPS) is 11.6. The van der Waals surface area contributed by atoms with E-state index in [2.05, 4.69) is 24.7 Å². The quantitative estimate of drug-likeness (QED) is 0.423. The first-order valence-corrected chi connectivity index (χ1v) is 11.7. The molecule has 0 aliphatic heterocycles. The van der Waals surface area contributed by atoms with Gasteiger partial charge in [-0.05, 0) is 62.3 Å². The second-order valence-electron chi connectivity index (χ2n) is 7.76. The van der Waals surface area contributed by atoms with Crippen LogP contribution in [0.15, 0.2) is 66.2 Å². The second kappa shape index (κ2) is 9.47. The highest BCUT2D eigenvalue weighted by Gasteiger charge is 2.18. The van der Waals surface area contributed by atoms with Crippen molar-refractivity contribution in [2.75, 3.05) is 32.0 Å². The molecular weight excluding hydrogens is 440 g/mol. The van der Waals surface area contributed by atoms with E-state index in [1.807, 2.05) is 32.0 Å². The van der Waals surface area contributed by atoms with Crippen LogP contribution in [0.3, 0.4) is 0 Å². The highest BCUT2D eigenvalue weighted by Crippen LogP contribution is 2.33. The maximum absolute atomic E-state index is 12.9. The van der Waals surface area contributed by atoms with Gasteiger partial charge < -0.3 is 9.64 Å². The molecule has 0 aliphatic carbocycles. The first-order valence-electron chi connectivity index (χ1n) is 10.3. The molecule has 0 saturated heterocycles. The van der Waals surface area contributed by atoms with Gasteiger partial charge in [-0.15, -0.1) is 0 Å². The van der Waals surface area contributed by atoms with Crippen LogP contribution >= 0.6 is 0 Å². The number of rotatable bonds is 8. The van der Waals surface area contributed by atoms with Gasteiger partial charge in [-0.2, -0.15) is 0 Å². The molecule has 4 rings (SSSR count). The zero-order chi connectivity index (χ0) is 23.4. The highest BCUT2D eigenvalue weighted by atomic mass is 32.2. The van der Waals surface area contributed by atoms with E-state index in [0.717, 1.165) is 28.4 Å². The van der Waals surface area contributed by atoms with Crippen LogP contribution < -0.4 is 9.46 Å². The van der Waals surface area contributed by atoms with Gasteiger partial charge in [0.2, 0.25) is 5.88 Å². The Morgan fingerprint density at radius 1 is 1.03 bits per heavy atom. The third kappa shape index (κ3) is 5.24. The molecule has 33 heavy (non-hydrogen) atoms. The van der Waals surface area contributed by atoms with E-state index < -0.39 is 10.0 Å². The number of likely N-dealkylation sites (N-methyl/N-ethyl adjacent to an activating group) is 1. The lowest BCUT2D eigenvalue weighted by Gasteiger charge is -2.15. The largest absolute Gasteiger partial charge is 0.476 e. The molecule has 0 bridgehead atoms. The van der Waals surface area contributed by atoms with Crippen molar-refractivity contribution in [3.63, 3.8) is 0 Å². The number of pyridine rings is 2. The maximum atomic E-state index is 12.9. The number of fused-ring (bicyclic) bond motifs is 1. The van der Waals surface area contributed by atoms with E-state index in [1.54, 1.807) is 36.7 Å². The van der Waals surface area contributed by atoms with Crippen LogP contribution in [-0.4, -0.2) is 60.5 Å². The number of nitrogens with zero attached hydrogens (tertiary/aromatic N) is 5. The molecule has 170 valence electrons. The van der Waals surface area contributed by atoms with Gasteiger partial charge in [-0.1, -0.05) is 6.07 Å². The summed E-state index contributed by atoms with van der Waals surface area (Å²) in [6.45, 7) is 3.19. The summed E-state index contributed by atoms with van der Waals surface area (Å²) in [5.74, 6) is 0.690. The van der Waals surface area contributed by atoms with Crippen molar-refractivity contribution >= 4 is 26.6 Å². The topological polar surface area (TPSA) is 110 Å². The lowest BCUT2D eigenvalue weighted by molar-refractivity contribution is 0.254. The van der Waals surface area contributed by atoms with Gasteiger partial charge in [-0.3, -0.25) is 9.71 Å². The SMILES string of the molecule is Cc1cnc(OCCN(C)C)c(-c2nccc3cc(S(=O)(=O)Nc4ccncn4)ccc23)c1. The van der Waals surface area contributed by atoms with Gasteiger partial charge in [0.1, 0.15) is 18.8 Å². The van der Waals surface area contributed by atoms with E-state index in [0.29, 0.717) is 18.2 Å². The van der Waals surface area contributed by atoms with Crippen molar-refractivity contribution in [1.82, 2.24) is 24.8 Å². The van der Waals surface area contributed by atoms with Crippen molar-refractivity contribution < 1.29 is 13.2 Å². The van der Waals surface area contributed by atoms with Crippen LogP contribution in [0.1, 0.15) is 5.56 Å². The number of hydrogen-bond acceptors (Lipinski definition) is 8. The van der Waals surface area contributed by atoms with Crippen LogP contribution in [0.4, 0.5) is 5.82 Å². The Morgan fingerprint density at radius 2 is 1.88 bits per heavy atom. The molecule has 0 atom stereocenters. The summed E-state index contributed by atoms with van der Waals surface area (Å²) in [5, 5.41) is 1.52. The number of sulfonamides is 1. The van der Waals surface area contributed by atoms with E-state index in [9.17, 15) is 8.42 Å². The standard InChI is InChI=1S/C23H24N6O3S/c1-16-12-20(23(26-14-16)32-11-10-29(2)3)22-19-5-4-18(13-17(19)6-9-25-22)33(30,31)28-21-7-8-24-15-27-21/h4-9,12-15H,10-11H2,1-3H3,(H,24,27,28). The average molecular weight is 465 g/mol. The van der Waals surface area contributed by atoms with Crippen LogP contribution in [0.25, 0.3) is 22.0 Å². The van der Waals surface area contributed by atoms with Crippen molar-refractivity contribution in [2.45, 2.75) is 11.8 Å². The summed E-state index contributed by atoms with van der Waals surface area (Å²) in [4.78, 5) is 18.9.